The molecule has 2 rings (SSSR count). The molecule has 0 spiro atoms. The van der Waals surface area contributed by atoms with Gasteiger partial charge in [-0.05, 0) is 13.8 Å². The fourth-order valence-corrected chi connectivity index (χ4v) is 2.82. The van der Waals surface area contributed by atoms with Gasteiger partial charge in [0, 0.05) is 13.1 Å². The van der Waals surface area contributed by atoms with Gasteiger partial charge in [-0.2, -0.15) is 0 Å². The molecule has 0 radical (unpaired) electrons. The minimum Gasteiger partial charge on any atom is -0.327 e. The molecule has 110 valence electrons. The van der Waals surface area contributed by atoms with Crippen LogP contribution in [-0.4, -0.2) is 52.2 Å². The zero-order chi connectivity index (χ0) is 14.9. The molecule has 1 fully saturated rings. The lowest BCUT2D eigenvalue weighted by atomic mass is 10.3. The van der Waals surface area contributed by atoms with Gasteiger partial charge in [-0.25, -0.2) is 15.1 Å². The lowest BCUT2D eigenvalue weighted by molar-refractivity contribution is -0.485. The molecule has 20 heavy (non-hydrogen) atoms. The summed E-state index contributed by atoms with van der Waals surface area (Å²) in [5, 5.41) is 14.2. The highest BCUT2D eigenvalue weighted by atomic mass is 35.5. The lowest BCUT2D eigenvalue weighted by Gasteiger charge is -2.42. The number of hydrogen-bond acceptors (Lipinski definition) is 5. The Balaban J connectivity index is 2.36. The number of rotatable bonds is 3. The minimum absolute atomic E-state index is 0.284. The van der Waals surface area contributed by atoms with Crippen molar-refractivity contribution in [1.82, 2.24) is 14.8 Å². The third-order valence-electron chi connectivity index (χ3n) is 2.93. The van der Waals surface area contributed by atoms with Crippen molar-refractivity contribution in [2.75, 3.05) is 25.3 Å². The van der Waals surface area contributed by atoms with Crippen molar-refractivity contribution in [3.05, 3.63) is 20.8 Å². The maximum absolute atomic E-state index is 10.7. The lowest BCUT2D eigenvalue weighted by Crippen LogP contribution is -2.59. The van der Waals surface area contributed by atoms with E-state index in [0.717, 1.165) is 5.00 Å². The molecule has 0 saturated carbocycles. The summed E-state index contributed by atoms with van der Waals surface area (Å²) in [6.45, 7) is 5.23. The van der Waals surface area contributed by atoms with Crippen LogP contribution in [0, 0.1) is 10.1 Å². The summed E-state index contributed by atoms with van der Waals surface area (Å²) in [6.07, 6.45) is 1.60. The Labute approximate surface area is 125 Å². The summed E-state index contributed by atoms with van der Waals surface area (Å²) in [5.74, 6) is 0.284. The van der Waals surface area contributed by atoms with Crippen LogP contribution in [-0.2, 0) is 0 Å². The van der Waals surface area contributed by atoms with Crippen LogP contribution >= 0.6 is 22.9 Å². The number of anilines is 1. The predicted octanol–water partition coefficient (Wildman–Crippen LogP) is 1.72. The molecule has 0 bridgehead atoms. The molecule has 8 nitrogen and oxygen atoms in total. The van der Waals surface area contributed by atoms with Gasteiger partial charge < -0.3 is 4.90 Å². The number of thiazole rings is 1. The fourth-order valence-electron chi connectivity index (χ4n) is 1.90. The topological polar surface area (TPSA) is 78.1 Å². The highest BCUT2D eigenvalue weighted by Crippen LogP contribution is 2.29. The highest BCUT2D eigenvalue weighted by Gasteiger charge is 2.32. The largest absolute Gasteiger partial charge is 0.327 e. The summed E-state index contributed by atoms with van der Waals surface area (Å²) >= 11 is 7.11. The SMILES string of the molecule is CC(C)N1CN(C)C(=N[N+](=O)[O-])N(c2cnc(Cl)s2)C1. The fraction of sp³-hybridized carbons (Fsp3) is 0.600. The smallest absolute Gasteiger partial charge is 0.281 e. The number of hydrogen-bond donors (Lipinski definition) is 0. The van der Waals surface area contributed by atoms with Gasteiger partial charge >= 0.3 is 0 Å². The number of guanidine groups is 1. The normalized spacial score (nSPS) is 19.1. The third kappa shape index (κ3) is 3.17. The monoisotopic (exact) mass is 318 g/mol. The standard InChI is InChI=1S/C10H15ClN6O2S/c1-7(2)15-5-14(3)10(13-17(18)19)16(6-15)8-4-12-9(11)20-8/h4,7H,5-6H2,1-3H3. The Hall–Kier alpha value is -1.45. The van der Waals surface area contributed by atoms with Crippen LogP contribution < -0.4 is 4.90 Å². The van der Waals surface area contributed by atoms with E-state index in [0.29, 0.717) is 23.8 Å². The van der Waals surface area contributed by atoms with E-state index in [-0.39, 0.29) is 5.96 Å². The molecule has 1 saturated heterocycles. The maximum Gasteiger partial charge on any atom is 0.281 e. The van der Waals surface area contributed by atoms with Gasteiger partial charge in [0.2, 0.25) is 0 Å². The predicted molar refractivity (Wildman–Crippen MR) is 78.5 cm³/mol. The minimum atomic E-state index is -0.688. The van der Waals surface area contributed by atoms with Crippen LogP contribution in [0.5, 0.6) is 0 Å². The van der Waals surface area contributed by atoms with E-state index in [1.54, 1.807) is 23.0 Å². The zero-order valence-corrected chi connectivity index (χ0v) is 12.9. The number of nitro groups is 1. The molecule has 1 aromatic heterocycles. The summed E-state index contributed by atoms with van der Waals surface area (Å²) in [5.41, 5.74) is 0. The van der Waals surface area contributed by atoms with Crippen LogP contribution in [0.1, 0.15) is 13.8 Å². The summed E-state index contributed by atoms with van der Waals surface area (Å²) in [4.78, 5) is 20.3. The second kappa shape index (κ2) is 5.90. The van der Waals surface area contributed by atoms with Crippen molar-refractivity contribution in [2.45, 2.75) is 19.9 Å². The van der Waals surface area contributed by atoms with Crippen LogP contribution in [0.15, 0.2) is 11.3 Å². The average Bonchev–Trinajstić information content (AvgIpc) is 2.77. The maximum atomic E-state index is 10.7. The van der Waals surface area contributed by atoms with Gasteiger partial charge in [-0.1, -0.05) is 22.9 Å². The van der Waals surface area contributed by atoms with Crippen molar-refractivity contribution < 1.29 is 5.03 Å². The Morgan fingerprint density at radius 2 is 2.25 bits per heavy atom. The number of halogens is 1. The quantitative estimate of drug-likeness (QED) is 0.624. The second-order valence-corrected chi connectivity index (χ2v) is 6.27. The first-order valence-electron chi connectivity index (χ1n) is 5.95. The number of nitrogens with zero attached hydrogens (tertiary/aromatic N) is 6. The van der Waals surface area contributed by atoms with Crippen LogP contribution in [0.25, 0.3) is 0 Å². The molecular formula is C10H15ClN6O2S. The van der Waals surface area contributed by atoms with Crippen LogP contribution in [0.4, 0.5) is 5.00 Å². The first-order chi connectivity index (χ1) is 9.38. The summed E-state index contributed by atoms with van der Waals surface area (Å²) in [6, 6.07) is 0.306. The summed E-state index contributed by atoms with van der Waals surface area (Å²) in [7, 11) is 1.77. The van der Waals surface area contributed by atoms with Gasteiger partial charge in [-0.15, -0.1) is 0 Å². The van der Waals surface area contributed by atoms with Gasteiger partial charge in [0.1, 0.15) is 10.1 Å². The second-order valence-electron chi connectivity index (χ2n) is 4.68. The molecular weight excluding hydrogens is 304 g/mol. The van der Waals surface area contributed by atoms with Crippen molar-refractivity contribution in [3.8, 4) is 0 Å². The van der Waals surface area contributed by atoms with Gasteiger partial charge in [0.25, 0.3) is 5.96 Å². The molecule has 0 amide bonds. The van der Waals surface area contributed by atoms with Gasteiger partial charge in [0.05, 0.1) is 19.5 Å². The van der Waals surface area contributed by atoms with Gasteiger partial charge in [-0.3, -0.25) is 9.80 Å². The van der Waals surface area contributed by atoms with E-state index in [9.17, 15) is 10.1 Å². The van der Waals surface area contributed by atoms with E-state index >= 15 is 0 Å². The van der Waals surface area contributed by atoms with Crippen LogP contribution in [0.2, 0.25) is 4.47 Å². The van der Waals surface area contributed by atoms with Gasteiger partial charge in [0.15, 0.2) is 9.50 Å². The molecule has 10 heteroatoms. The molecule has 1 aliphatic heterocycles. The molecule has 0 unspecified atom stereocenters. The Kier molecular flexibility index (Phi) is 4.41. The third-order valence-corrected chi connectivity index (χ3v) is 4.07. The van der Waals surface area contributed by atoms with Crippen molar-refractivity contribution in [2.24, 2.45) is 5.10 Å². The molecule has 0 aliphatic carbocycles. The molecule has 2 heterocycles. The average molecular weight is 319 g/mol. The molecule has 1 aromatic rings. The Morgan fingerprint density at radius 1 is 1.55 bits per heavy atom. The highest BCUT2D eigenvalue weighted by molar-refractivity contribution is 7.19. The van der Waals surface area contributed by atoms with E-state index in [1.807, 2.05) is 0 Å². The van der Waals surface area contributed by atoms with Crippen molar-refractivity contribution in [3.63, 3.8) is 0 Å². The van der Waals surface area contributed by atoms with Crippen molar-refractivity contribution >= 4 is 33.9 Å². The van der Waals surface area contributed by atoms with E-state index in [1.165, 1.54) is 11.3 Å². The molecule has 0 N–H and O–H groups in total. The van der Waals surface area contributed by atoms with E-state index in [2.05, 4.69) is 28.8 Å². The molecule has 1 aliphatic rings. The first-order valence-corrected chi connectivity index (χ1v) is 7.15. The van der Waals surface area contributed by atoms with Crippen LogP contribution in [0.3, 0.4) is 0 Å². The van der Waals surface area contributed by atoms with E-state index in [4.69, 9.17) is 11.6 Å². The van der Waals surface area contributed by atoms with E-state index < -0.39 is 5.03 Å². The molecule has 0 aromatic carbocycles. The number of hydrazone groups is 1. The summed E-state index contributed by atoms with van der Waals surface area (Å²) < 4.78 is 0.393. The van der Waals surface area contributed by atoms with Crippen molar-refractivity contribution in [1.29, 1.82) is 0 Å². The Morgan fingerprint density at radius 3 is 2.75 bits per heavy atom. The zero-order valence-electron chi connectivity index (χ0n) is 11.4. The first kappa shape index (κ1) is 14.9. The molecule has 0 atom stereocenters. The Bertz CT molecular complexity index is 534. The number of aromatic nitrogens is 1.